The van der Waals surface area contributed by atoms with Gasteiger partial charge in [0.15, 0.2) is 0 Å². The highest BCUT2D eigenvalue weighted by Crippen LogP contribution is 2.16. The number of carbonyl (C=O) groups is 4. The van der Waals surface area contributed by atoms with Crippen LogP contribution in [0.25, 0.3) is 0 Å². The zero-order valence-electron chi connectivity index (χ0n) is 56.1. The van der Waals surface area contributed by atoms with Gasteiger partial charge in [-0.3, -0.25) is 24.1 Å². The van der Waals surface area contributed by atoms with Crippen LogP contribution in [0.15, 0.2) is 0 Å². The predicted molar refractivity (Wildman–Crippen MR) is 354 cm³/mol. The lowest BCUT2D eigenvalue weighted by Gasteiger charge is -2.25. The molecule has 0 aromatic heterocycles. The van der Waals surface area contributed by atoms with Crippen molar-refractivity contribution in [1.29, 1.82) is 0 Å². The Hall–Kier alpha value is -2.32. The first kappa shape index (κ1) is 80.7. The summed E-state index contributed by atoms with van der Waals surface area (Å²) in [6, 6.07) is 0. The van der Waals surface area contributed by atoms with Crippen LogP contribution in [0.3, 0.4) is 0 Å². The topological polar surface area (TPSA) is 147 Å². The normalized spacial score (nSPS) is 12.1. The van der Waals surface area contributed by atoms with Crippen molar-refractivity contribution in [3.63, 3.8) is 0 Å². The molecule has 0 radical (unpaired) electrons. The molecular weight excluding hydrogens is 1030 g/mol. The Labute approximate surface area is 514 Å². The van der Waals surface area contributed by atoms with Gasteiger partial charge in [-0.2, -0.15) is 0 Å². The summed E-state index contributed by atoms with van der Waals surface area (Å²) in [6.45, 7) is 17.5. The third kappa shape index (κ3) is 61.1. The van der Waals surface area contributed by atoms with Crippen LogP contribution in [-0.4, -0.2) is 160 Å². The van der Waals surface area contributed by atoms with Crippen molar-refractivity contribution >= 4 is 23.7 Å². The highest BCUT2D eigenvalue weighted by molar-refractivity contribution is 5.78. The van der Waals surface area contributed by atoms with E-state index in [4.69, 9.17) is 4.74 Å². The average Bonchev–Trinajstić information content (AvgIpc) is 3.47. The Morgan fingerprint density at radius 1 is 0.349 bits per heavy atom. The van der Waals surface area contributed by atoms with Gasteiger partial charge in [0.05, 0.1) is 25.7 Å². The second-order valence-corrected chi connectivity index (χ2v) is 25.2. The molecule has 0 aromatic carbocycles. The van der Waals surface area contributed by atoms with Crippen molar-refractivity contribution in [3.8, 4) is 0 Å². The van der Waals surface area contributed by atoms with E-state index in [9.17, 15) is 24.3 Å². The second-order valence-electron chi connectivity index (χ2n) is 25.2. The van der Waals surface area contributed by atoms with Gasteiger partial charge in [-0.15, -0.1) is 0 Å². The van der Waals surface area contributed by atoms with Gasteiger partial charge in [0.2, 0.25) is 17.7 Å². The van der Waals surface area contributed by atoms with Gasteiger partial charge in [-0.05, 0) is 46.3 Å². The molecule has 0 fully saturated rings. The second kappa shape index (κ2) is 64.2. The summed E-state index contributed by atoms with van der Waals surface area (Å²) in [4.78, 5) is 60.5. The average molecular weight is 1180 g/mol. The number of hydrogen-bond acceptors (Lipinski definition) is 10. The highest BCUT2D eigenvalue weighted by Gasteiger charge is 2.17. The van der Waals surface area contributed by atoms with Crippen LogP contribution < -0.4 is 16.0 Å². The predicted octanol–water partition coefficient (Wildman–Crippen LogP) is 15.3. The lowest BCUT2D eigenvalue weighted by molar-refractivity contribution is -0.144. The van der Waals surface area contributed by atoms with Gasteiger partial charge in [0.25, 0.3) is 0 Å². The summed E-state index contributed by atoms with van der Waals surface area (Å²) < 4.78 is 5.64. The molecule has 0 rings (SSSR count). The molecule has 0 aliphatic rings. The third-order valence-corrected chi connectivity index (χ3v) is 16.9. The SMILES string of the molecule is CCCCCCCCCCCCCCN(CCNC(=O)CCN(C)CCN(C)CCC(=O)NCCN(CC(=O)NCCCCCCCCCCCC)CC(O)CCCCCCCCCCCC)CCC(=O)OCCCCCCCCCCC. The fourth-order valence-electron chi connectivity index (χ4n) is 11.1. The molecule has 0 aliphatic carbocycles. The van der Waals surface area contributed by atoms with E-state index in [1.54, 1.807) is 0 Å². The number of rotatable bonds is 67. The Bertz CT molecular complexity index is 1410. The smallest absolute Gasteiger partial charge is 0.307 e. The summed E-state index contributed by atoms with van der Waals surface area (Å²) >= 11 is 0. The monoisotopic (exact) mass is 1180 g/mol. The van der Waals surface area contributed by atoms with E-state index in [-0.39, 0.29) is 30.2 Å². The number of esters is 1. The van der Waals surface area contributed by atoms with Crippen molar-refractivity contribution in [2.45, 2.75) is 323 Å². The van der Waals surface area contributed by atoms with E-state index < -0.39 is 6.10 Å². The molecule has 0 aromatic rings. The van der Waals surface area contributed by atoms with Crippen LogP contribution in [0, 0.1) is 0 Å². The van der Waals surface area contributed by atoms with Gasteiger partial charge < -0.3 is 40.5 Å². The fraction of sp³-hybridized carbons (Fsp3) is 0.943. The molecule has 492 valence electrons. The molecular formula is C70H141N7O6. The molecule has 0 spiro atoms. The van der Waals surface area contributed by atoms with Crippen molar-refractivity contribution in [1.82, 2.24) is 35.6 Å². The highest BCUT2D eigenvalue weighted by atomic mass is 16.5. The van der Waals surface area contributed by atoms with E-state index in [0.29, 0.717) is 78.2 Å². The number of carbonyl (C=O) groups excluding carboxylic acids is 4. The molecule has 0 saturated carbocycles. The Kier molecular flexibility index (Phi) is 62.4. The quantitative estimate of drug-likeness (QED) is 0.0343. The minimum Gasteiger partial charge on any atom is -0.466 e. The Balaban J connectivity index is 4.77. The van der Waals surface area contributed by atoms with Gasteiger partial charge in [-0.1, -0.05) is 272 Å². The molecule has 0 bridgehead atoms. The molecule has 0 aliphatic heterocycles. The molecule has 83 heavy (non-hydrogen) atoms. The minimum absolute atomic E-state index is 0.0150. The molecule has 3 amide bonds. The maximum atomic E-state index is 13.1. The van der Waals surface area contributed by atoms with E-state index >= 15 is 0 Å². The maximum Gasteiger partial charge on any atom is 0.307 e. The van der Waals surface area contributed by atoms with Crippen molar-refractivity contribution in [2.24, 2.45) is 0 Å². The number of nitrogens with zero attached hydrogens (tertiary/aromatic N) is 4. The molecule has 4 N–H and O–H groups in total. The molecule has 0 saturated heterocycles. The first-order valence-corrected chi connectivity index (χ1v) is 36.0. The number of ether oxygens (including phenoxy) is 1. The summed E-state index contributed by atoms with van der Waals surface area (Å²) in [5.41, 5.74) is 0. The van der Waals surface area contributed by atoms with Crippen LogP contribution in [-0.2, 0) is 23.9 Å². The number of aliphatic hydroxyl groups excluding tert-OH is 1. The number of likely N-dealkylation sites (N-methyl/N-ethyl adjacent to an activating group) is 2. The van der Waals surface area contributed by atoms with Crippen molar-refractivity contribution in [3.05, 3.63) is 0 Å². The Morgan fingerprint density at radius 2 is 0.699 bits per heavy atom. The van der Waals surface area contributed by atoms with Crippen molar-refractivity contribution < 1.29 is 29.0 Å². The summed E-state index contributed by atoms with van der Waals surface area (Å²) in [5.74, 6) is -0.105. The number of nitrogens with one attached hydrogen (secondary N) is 3. The van der Waals surface area contributed by atoms with Crippen LogP contribution in [0.1, 0.15) is 317 Å². The van der Waals surface area contributed by atoms with Gasteiger partial charge >= 0.3 is 5.97 Å². The van der Waals surface area contributed by atoms with Gasteiger partial charge in [-0.25, -0.2) is 0 Å². The lowest BCUT2D eigenvalue weighted by atomic mass is 10.0. The van der Waals surface area contributed by atoms with Crippen LogP contribution in [0.5, 0.6) is 0 Å². The van der Waals surface area contributed by atoms with Gasteiger partial charge in [0.1, 0.15) is 0 Å². The fourth-order valence-corrected chi connectivity index (χ4v) is 11.1. The van der Waals surface area contributed by atoms with Gasteiger partial charge in [0, 0.05) is 84.8 Å². The first-order chi connectivity index (χ1) is 40.5. The number of hydrogen-bond donors (Lipinski definition) is 4. The van der Waals surface area contributed by atoms with E-state index in [1.807, 2.05) is 19.0 Å². The van der Waals surface area contributed by atoms with Crippen molar-refractivity contribution in [2.75, 3.05) is 106 Å². The first-order valence-electron chi connectivity index (χ1n) is 36.0. The van der Waals surface area contributed by atoms with Crippen LogP contribution in [0.2, 0.25) is 0 Å². The molecule has 0 heterocycles. The largest absolute Gasteiger partial charge is 0.466 e. The number of unbranched alkanes of at least 4 members (excludes halogenated alkanes) is 37. The molecule has 1 unspecified atom stereocenters. The standard InChI is InChI=1S/C70H141N7O6/c1-7-11-15-19-23-27-30-31-34-38-42-46-55-76(58-51-70(82)83-63-47-43-39-35-26-22-18-14-10-4)59-53-72-67(79)49-56-74(5)61-62-75(6)57-50-68(80)73-54-60-77(64-66(78)48-44-40-36-32-28-24-20-16-12-8-2)65-69(81)71-52-45-41-37-33-29-25-21-17-13-9-3/h66,78H,7-65H2,1-6H3,(H,71,81)(H,72,79)(H,73,80). The minimum atomic E-state index is -0.501. The maximum absolute atomic E-state index is 13.1. The Morgan fingerprint density at radius 3 is 1.12 bits per heavy atom. The third-order valence-electron chi connectivity index (χ3n) is 16.9. The lowest BCUT2D eigenvalue weighted by Crippen LogP contribution is -2.44. The number of aliphatic hydroxyl groups is 1. The van der Waals surface area contributed by atoms with Crippen LogP contribution >= 0.6 is 0 Å². The van der Waals surface area contributed by atoms with E-state index in [0.717, 1.165) is 77.5 Å². The molecule has 1 atom stereocenters. The zero-order valence-corrected chi connectivity index (χ0v) is 56.1. The summed E-state index contributed by atoms with van der Waals surface area (Å²) in [5, 5.41) is 20.4. The molecule has 13 nitrogen and oxygen atoms in total. The zero-order chi connectivity index (χ0) is 60.7. The summed E-state index contributed by atoms with van der Waals surface area (Å²) in [6.07, 6.45) is 53.5. The summed E-state index contributed by atoms with van der Waals surface area (Å²) in [7, 11) is 4.07. The van der Waals surface area contributed by atoms with Crippen LogP contribution in [0.4, 0.5) is 0 Å². The number of amides is 3. The van der Waals surface area contributed by atoms with E-state index in [2.05, 4.69) is 58.3 Å². The molecule has 13 heteroatoms. The van der Waals surface area contributed by atoms with E-state index in [1.165, 1.54) is 218 Å².